The van der Waals surface area contributed by atoms with E-state index in [-0.39, 0.29) is 44.3 Å². The lowest BCUT2D eigenvalue weighted by Crippen LogP contribution is -2.30. The summed E-state index contributed by atoms with van der Waals surface area (Å²) >= 11 is 0.520. The second-order valence-electron chi connectivity index (χ2n) is 9.56. The molecule has 1 aliphatic rings. The largest absolute Gasteiger partial charge is 0.491 e. The molecule has 1 saturated carbocycles. The molecule has 0 aliphatic heterocycles. The van der Waals surface area contributed by atoms with Gasteiger partial charge in [0.1, 0.15) is 28.4 Å². The van der Waals surface area contributed by atoms with E-state index in [1.165, 1.54) is 44.3 Å². The Bertz CT molecular complexity index is 1480. The summed E-state index contributed by atoms with van der Waals surface area (Å²) in [5.74, 6) is -1.13. The first-order valence-electron chi connectivity index (χ1n) is 11.7. The number of halogens is 1. The smallest absolute Gasteiger partial charge is 0.315 e. The zero-order chi connectivity index (χ0) is 27.8. The highest BCUT2D eigenvalue weighted by molar-refractivity contribution is 7.92. The maximum atomic E-state index is 14.4. The average Bonchev–Trinajstić information content (AvgIpc) is 3.62. The van der Waals surface area contributed by atoms with Crippen molar-refractivity contribution in [2.45, 2.75) is 62.3 Å². The number of hydrogen-bond donors (Lipinski definition) is 2. The Labute approximate surface area is 222 Å². The van der Waals surface area contributed by atoms with E-state index in [2.05, 4.69) is 15.3 Å². The van der Waals surface area contributed by atoms with E-state index in [0.29, 0.717) is 29.9 Å². The highest BCUT2D eigenvalue weighted by Crippen LogP contribution is 2.35. The predicted octanol–water partition coefficient (Wildman–Crippen LogP) is 4.81. The molecule has 202 valence electrons. The van der Waals surface area contributed by atoms with Crippen molar-refractivity contribution in [2.75, 3.05) is 5.32 Å². The Balaban J connectivity index is 1.57. The number of nitrogens with zero attached hydrogens (tertiary/aromatic N) is 2. The number of anilines is 1. The summed E-state index contributed by atoms with van der Waals surface area (Å²) in [7, 11) is -3.44. The number of benzene rings is 1. The average molecular weight is 564 g/mol. The van der Waals surface area contributed by atoms with Gasteiger partial charge in [0.25, 0.3) is 5.91 Å². The van der Waals surface area contributed by atoms with Crippen molar-refractivity contribution in [3.8, 4) is 17.2 Å². The fourth-order valence-electron chi connectivity index (χ4n) is 3.39. The molecular formula is C25H26FN3O7S2. The minimum absolute atomic E-state index is 0.0227. The highest BCUT2D eigenvalue weighted by atomic mass is 32.2. The lowest BCUT2D eigenvalue weighted by molar-refractivity contribution is -0.142. The van der Waals surface area contributed by atoms with Crippen LogP contribution in [-0.4, -0.2) is 46.7 Å². The number of carbonyl (C=O) groups is 2. The molecule has 13 heteroatoms. The molecule has 0 spiro atoms. The number of hydrogen-bond acceptors (Lipinski definition) is 9. The topological polar surface area (TPSA) is 145 Å². The molecule has 2 N–H and O–H groups in total. The molecule has 4 rings (SSSR count). The Morgan fingerprint density at radius 1 is 1.16 bits per heavy atom. The molecule has 38 heavy (non-hydrogen) atoms. The van der Waals surface area contributed by atoms with E-state index in [4.69, 9.17) is 9.47 Å². The monoisotopic (exact) mass is 563 g/mol. The molecule has 0 bridgehead atoms. The van der Waals surface area contributed by atoms with Crippen molar-refractivity contribution in [1.82, 2.24) is 9.97 Å². The number of pyridine rings is 1. The minimum atomic E-state index is -3.44. The quantitative estimate of drug-likeness (QED) is 0.355. The summed E-state index contributed by atoms with van der Waals surface area (Å²) in [4.78, 5) is 32.5. The number of ether oxygens (including phenoxy) is 2. The van der Waals surface area contributed by atoms with Crippen molar-refractivity contribution >= 4 is 38.2 Å². The number of amides is 1. The Morgan fingerprint density at radius 2 is 1.84 bits per heavy atom. The van der Waals surface area contributed by atoms with Gasteiger partial charge in [0.15, 0.2) is 20.0 Å². The molecule has 0 unspecified atom stereocenters. The summed E-state index contributed by atoms with van der Waals surface area (Å²) in [6.45, 7) is 6.25. The summed E-state index contributed by atoms with van der Waals surface area (Å²) in [5.41, 5.74) is -1.77. The number of rotatable bonds is 10. The van der Waals surface area contributed by atoms with Gasteiger partial charge < -0.3 is 14.6 Å². The van der Waals surface area contributed by atoms with E-state index >= 15 is 0 Å². The second-order valence-corrected chi connectivity index (χ2v) is 12.7. The van der Waals surface area contributed by atoms with Crippen LogP contribution in [0.1, 0.15) is 56.6 Å². The molecule has 0 radical (unpaired) electrons. The van der Waals surface area contributed by atoms with Crippen molar-refractivity contribution in [3.05, 3.63) is 52.9 Å². The van der Waals surface area contributed by atoms with E-state index in [0.717, 1.165) is 0 Å². The van der Waals surface area contributed by atoms with Crippen molar-refractivity contribution in [2.24, 2.45) is 0 Å². The number of aromatic nitrogens is 2. The first-order chi connectivity index (χ1) is 17.8. The van der Waals surface area contributed by atoms with Gasteiger partial charge in [-0.25, -0.2) is 18.4 Å². The van der Waals surface area contributed by atoms with E-state index < -0.39 is 32.3 Å². The van der Waals surface area contributed by atoms with Gasteiger partial charge in [0, 0.05) is 11.6 Å². The van der Waals surface area contributed by atoms with Gasteiger partial charge in [-0.05, 0) is 64.8 Å². The minimum Gasteiger partial charge on any atom is -0.491 e. The first-order valence-corrected chi connectivity index (χ1v) is 14.0. The van der Waals surface area contributed by atoms with E-state index in [1.807, 2.05) is 0 Å². The maximum Gasteiger partial charge on any atom is 0.315 e. The lowest BCUT2D eigenvalue weighted by Gasteiger charge is -2.16. The number of carboxylic acid groups (broad SMARTS) is 1. The number of sulfone groups is 1. The molecule has 1 amide bonds. The molecule has 1 fully saturated rings. The third-order valence-corrected chi connectivity index (χ3v) is 8.58. The fourth-order valence-corrected chi connectivity index (χ4v) is 5.80. The number of nitrogens with one attached hydrogen (secondary N) is 1. The molecule has 3 aromatic rings. The molecule has 0 saturated heterocycles. The van der Waals surface area contributed by atoms with Crippen LogP contribution in [0, 0.1) is 5.13 Å². The van der Waals surface area contributed by atoms with Crippen LogP contribution in [0.5, 0.6) is 17.2 Å². The summed E-state index contributed by atoms with van der Waals surface area (Å²) < 4.78 is 50.7. The summed E-state index contributed by atoms with van der Waals surface area (Å²) in [6, 6.07) is 7.30. The third-order valence-electron chi connectivity index (χ3n) is 5.65. The van der Waals surface area contributed by atoms with Gasteiger partial charge >= 0.3 is 5.97 Å². The van der Waals surface area contributed by atoms with Crippen molar-refractivity contribution in [3.63, 3.8) is 0 Å². The Hall–Kier alpha value is -3.58. The second kappa shape index (κ2) is 10.3. The van der Waals surface area contributed by atoms with Crippen LogP contribution in [0.4, 0.5) is 9.52 Å². The molecule has 10 nitrogen and oxygen atoms in total. The number of thiazole rings is 1. The van der Waals surface area contributed by atoms with Crippen LogP contribution in [0.3, 0.4) is 0 Å². The molecule has 2 heterocycles. The summed E-state index contributed by atoms with van der Waals surface area (Å²) in [6.07, 6.45) is 2.32. The summed E-state index contributed by atoms with van der Waals surface area (Å²) in [5, 5.41) is 10.5. The van der Waals surface area contributed by atoms with E-state index in [1.54, 1.807) is 19.9 Å². The molecule has 0 atom stereocenters. The maximum absolute atomic E-state index is 14.4. The Kier molecular flexibility index (Phi) is 7.44. The normalized spacial score (nSPS) is 13.8. The van der Waals surface area contributed by atoms with Gasteiger partial charge in [-0.3, -0.25) is 14.9 Å². The van der Waals surface area contributed by atoms with Crippen molar-refractivity contribution in [1.29, 1.82) is 0 Å². The Morgan fingerprint density at radius 3 is 2.42 bits per heavy atom. The van der Waals surface area contributed by atoms with Crippen molar-refractivity contribution < 1.29 is 37.0 Å². The zero-order valence-electron chi connectivity index (χ0n) is 21.0. The SMILES string of the molecule is CC(C)Oc1cc(Oc2ccc(S(=O)(=O)C3CC3)nc2)cc(C(=O)Nc2nc(C(C)(C)C(=O)O)c(F)s2)c1. The standard InChI is InChI=1S/C25H26FN3O7S2/c1-13(2)35-16-9-14(22(30)29-24-28-20(21(26)37-24)25(3,4)23(31)32)10-17(11-16)36-15-5-8-19(27-12-15)38(33,34)18-6-7-18/h5,8-13,18H,6-7H2,1-4H3,(H,31,32)(H,28,29,30). The van der Waals surface area contributed by atoms with Crippen LogP contribution in [0.25, 0.3) is 0 Å². The van der Waals surface area contributed by atoms with Crippen LogP contribution < -0.4 is 14.8 Å². The molecule has 1 aromatic carbocycles. The van der Waals surface area contributed by atoms with Gasteiger partial charge in [0.2, 0.25) is 5.13 Å². The van der Waals surface area contributed by atoms with Crippen LogP contribution >= 0.6 is 11.3 Å². The lowest BCUT2D eigenvalue weighted by atomic mass is 9.90. The van der Waals surface area contributed by atoms with Gasteiger partial charge in [-0.2, -0.15) is 4.39 Å². The van der Waals surface area contributed by atoms with Crippen LogP contribution in [0.15, 0.2) is 41.6 Å². The van der Waals surface area contributed by atoms with Crippen LogP contribution in [-0.2, 0) is 20.0 Å². The number of aliphatic carboxylic acids is 1. The van der Waals surface area contributed by atoms with Crippen LogP contribution in [0.2, 0.25) is 0 Å². The zero-order valence-corrected chi connectivity index (χ0v) is 22.7. The highest BCUT2D eigenvalue weighted by Gasteiger charge is 2.38. The van der Waals surface area contributed by atoms with Gasteiger partial charge in [-0.15, -0.1) is 0 Å². The fraction of sp³-hybridized carbons (Fsp3) is 0.360. The molecular weight excluding hydrogens is 537 g/mol. The van der Waals surface area contributed by atoms with Gasteiger partial charge in [0.05, 0.1) is 17.6 Å². The number of carbonyl (C=O) groups excluding carboxylic acids is 1. The predicted molar refractivity (Wildman–Crippen MR) is 137 cm³/mol. The molecule has 2 aromatic heterocycles. The first kappa shape index (κ1) is 27.5. The van der Waals surface area contributed by atoms with E-state index in [9.17, 15) is 27.5 Å². The number of carboxylic acids is 1. The molecule has 1 aliphatic carbocycles. The van der Waals surface area contributed by atoms with Gasteiger partial charge in [-0.1, -0.05) is 11.3 Å². The third kappa shape index (κ3) is 5.94.